The second kappa shape index (κ2) is 6.80. The molecule has 1 heterocycles. The molecule has 2 N–H and O–H groups in total. The summed E-state index contributed by atoms with van der Waals surface area (Å²) in [5.41, 5.74) is 0. The summed E-state index contributed by atoms with van der Waals surface area (Å²) in [6.45, 7) is 3.68. The van der Waals surface area contributed by atoms with E-state index in [4.69, 9.17) is 4.74 Å². The molecule has 1 aliphatic rings. The monoisotopic (exact) mass is 214 g/mol. The van der Waals surface area contributed by atoms with Crippen molar-refractivity contribution in [3.05, 3.63) is 0 Å². The van der Waals surface area contributed by atoms with Crippen LogP contribution in [0.25, 0.3) is 0 Å². The third-order valence-corrected chi connectivity index (χ3v) is 2.73. The SMILES string of the molecule is CCCC(COC)NC(=O)[C@@H]1CCCN1. The molecule has 1 amide bonds. The van der Waals surface area contributed by atoms with E-state index in [9.17, 15) is 4.79 Å². The summed E-state index contributed by atoms with van der Waals surface area (Å²) in [6.07, 6.45) is 4.09. The van der Waals surface area contributed by atoms with Crippen molar-refractivity contribution < 1.29 is 9.53 Å². The van der Waals surface area contributed by atoms with Crippen molar-refractivity contribution in [2.75, 3.05) is 20.3 Å². The highest BCUT2D eigenvalue weighted by atomic mass is 16.5. The van der Waals surface area contributed by atoms with Crippen molar-refractivity contribution in [1.82, 2.24) is 10.6 Å². The third-order valence-electron chi connectivity index (χ3n) is 2.73. The van der Waals surface area contributed by atoms with Gasteiger partial charge in [0.15, 0.2) is 0 Å². The minimum Gasteiger partial charge on any atom is -0.383 e. The molecule has 0 aliphatic carbocycles. The van der Waals surface area contributed by atoms with E-state index in [1.54, 1.807) is 7.11 Å². The molecule has 1 aliphatic heterocycles. The van der Waals surface area contributed by atoms with Crippen molar-refractivity contribution in [2.24, 2.45) is 0 Å². The summed E-state index contributed by atoms with van der Waals surface area (Å²) in [4.78, 5) is 11.8. The molecule has 2 atom stereocenters. The predicted molar refractivity (Wildman–Crippen MR) is 59.7 cm³/mol. The van der Waals surface area contributed by atoms with Crippen LogP contribution in [0, 0.1) is 0 Å². The molecule has 88 valence electrons. The second-order valence-corrected chi connectivity index (χ2v) is 4.10. The van der Waals surface area contributed by atoms with E-state index >= 15 is 0 Å². The summed E-state index contributed by atoms with van der Waals surface area (Å²) in [7, 11) is 1.67. The van der Waals surface area contributed by atoms with Crippen molar-refractivity contribution in [3.8, 4) is 0 Å². The fourth-order valence-electron chi connectivity index (χ4n) is 1.96. The minimum absolute atomic E-state index is 0.0150. The molecule has 1 rings (SSSR count). The predicted octanol–water partition coefficient (Wildman–Crippen LogP) is 0.670. The van der Waals surface area contributed by atoms with Crippen LogP contribution in [0.2, 0.25) is 0 Å². The van der Waals surface area contributed by atoms with Crippen molar-refractivity contribution in [3.63, 3.8) is 0 Å². The first-order chi connectivity index (χ1) is 7.27. The maximum atomic E-state index is 11.8. The molecule has 4 nitrogen and oxygen atoms in total. The lowest BCUT2D eigenvalue weighted by Crippen LogP contribution is -2.46. The normalized spacial score (nSPS) is 22.7. The smallest absolute Gasteiger partial charge is 0.237 e. The molecule has 0 saturated carbocycles. The first kappa shape index (κ1) is 12.5. The molecule has 15 heavy (non-hydrogen) atoms. The Balaban J connectivity index is 2.31. The van der Waals surface area contributed by atoms with E-state index < -0.39 is 0 Å². The summed E-state index contributed by atoms with van der Waals surface area (Å²) < 4.78 is 5.08. The molecule has 4 heteroatoms. The Bertz CT molecular complexity index is 185. The molecular weight excluding hydrogens is 192 g/mol. The van der Waals surface area contributed by atoms with Crippen LogP contribution in [0.15, 0.2) is 0 Å². The molecule has 0 aromatic heterocycles. The van der Waals surface area contributed by atoms with Crippen LogP contribution in [-0.2, 0) is 9.53 Å². The van der Waals surface area contributed by atoms with Crippen LogP contribution in [0.5, 0.6) is 0 Å². The molecule has 1 unspecified atom stereocenters. The number of methoxy groups -OCH3 is 1. The van der Waals surface area contributed by atoms with Crippen LogP contribution in [0.1, 0.15) is 32.6 Å². The van der Waals surface area contributed by atoms with Gasteiger partial charge in [0.2, 0.25) is 5.91 Å². The highest BCUT2D eigenvalue weighted by molar-refractivity contribution is 5.82. The zero-order chi connectivity index (χ0) is 11.1. The molecule has 1 fully saturated rings. The van der Waals surface area contributed by atoms with E-state index in [-0.39, 0.29) is 18.0 Å². The van der Waals surface area contributed by atoms with Crippen LogP contribution < -0.4 is 10.6 Å². The average Bonchev–Trinajstić information content (AvgIpc) is 2.71. The first-order valence-corrected chi connectivity index (χ1v) is 5.80. The number of carbonyl (C=O) groups is 1. The van der Waals surface area contributed by atoms with Crippen LogP contribution in [0.4, 0.5) is 0 Å². The second-order valence-electron chi connectivity index (χ2n) is 4.10. The van der Waals surface area contributed by atoms with Crippen molar-refractivity contribution in [1.29, 1.82) is 0 Å². The minimum atomic E-state index is 0.0150. The van der Waals surface area contributed by atoms with Gasteiger partial charge in [-0.05, 0) is 25.8 Å². The van der Waals surface area contributed by atoms with Gasteiger partial charge < -0.3 is 15.4 Å². The van der Waals surface area contributed by atoms with Gasteiger partial charge in [0.1, 0.15) is 0 Å². The lowest BCUT2D eigenvalue weighted by molar-refractivity contribution is -0.123. The van der Waals surface area contributed by atoms with Crippen LogP contribution in [0.3, 0.4) is 0 Å². The molecule has 0 bridgehead atoms. The van der Waals surface area contributed by atoms with Crippen LogP contribution >= 0.6 is 0 Å². The van der Waals surface area contributed by atoms with Crippen molar-refractivity contribution in [2.45, 2.75) is 44.7 Å². The van der Waals surface area contributed by atoms with Crippen molar-refractivity contribution >= 4 is 5.91 Å². The van der Waals surface area contributed by atoms with Gasteiger partial charge in [-0.1, -0.05) is 13.3 Å². The van der Waals surface area contributed by atoms with E-state index in [0.29, 0.717) is 6.61 Å². The summed E-state index contributed by atoms with van der Waals surface area (Å²) >= 11 is 0. The third kappa shape index (κ3) is 4.18. The Morgan fingerprint density at radius 1 is 1.67 bits per heavy atom. The highest BCUT2D eigenvalue weighted by Gasteiger charge is 2.23. The van der Waals surface area contributed by atoms with Gasteiger partial charge in [0.05, 0.1) is 18.7 Å². The molecular formula is C11H22N2O2. The fourth-order valence-corrected chi connectivity index (χ4v) is 1.96. The van der Waals surface area contributed by atoms with Gasteiger partial charge in [-0.25, -0.2) is 0 Å². The topological polar surface area (TPSA) is 50.4 Å². The Kier molecular flexibility index (Phi) is 5.65. The van der Waals surface area contributed by atoms with E-state index in [2.05, 4.69) is 17.6 Å². The van der Waals surface area contributed by atoms with Gasteiger partial charge >= 0.3 is 0 Å². The molecule has 0 spiro atoms. The van der Waals surface area contributed by atoms with Gasteiger partial charge in [-0.2, -0.15) is 0 Å². The van der Waals surface area contributed by atoms with Gasteiger partial charge in [-0.15, -0.1) is 0 Å². The highest BCUT2D eigenvalue weighted by Crippen LogP contribution is 2.06. The van der Waals surface area contributed by atoms with Gasteiger partial charge in [0, 0.05) is 7.11 Å². The standard InChI is InChI=1S/C11H22N2O2/c1-3-5-9(8-15-2)13-11(14)10-6-4-7-12-10/h9-10,12H,3-8H2,1-2H3,(H,13,14)/t9?,10-/m0/s1. The Morgan fingerprint density at radius 3 is 3.00 bits per heavy atom. The zero-order valence-corrected chi connectivity index (χ0v) is 9.71. The maximum Gasteiger partial charge on any atom is 0.237 e. The first-order valence-electron chi connectivity index (χ1n) is 5.80. The number of rotatable bonds is 6. The zero-order valence-electron chi connectivity index (χ0n) is 9.71. The number of amides is 1. The number of hydrogen-bond acceptors (Lipinski definition) is 3. The summed E-state index contributed by atoms with van der Waals surface area (Å²) in [5, 5.41) is 6.23. The largest absolute Gasteiger partial charge is 0.383 e. The number of ether oxygens (including phenoxy) is 1. The van der Waals surface area contributed by atoms with E-state index in [1.165, 1.54) is 0 Å². The average molecular weight is 214 g/mol. The maximum absolute atomic E-state index is 11.8. The fraction of sp³-hybridized carbons (Fsp3) is 0.909. The lowest BCUT2D eigenvalue weighted by Gasteiger charge is -2.19. The Labute approximate surface area is 91.8 Å². The molecule has 0 aromatic rings. The molecule has 1 saturated heterocycles. The van der Waals surface area contributed by atoms with Gasteiger partial charge in [-0.3, -0.25) is 4.79 Å². The number of nitrogens with one attached hydrogen (secondary N) is 2. The van der Waals surface area contributed by atoms with E-state index in [0.717, 1.165) is 32.2 Å². The Morgan fingerprint density at radius 2 is 2.47 bits per heavy atom. The summed E-state index contributed by atoms with van der Waals surface area (Å²) in [6, 6.07) is 0.177. The Hall–Kier alpha value is -0.610. The van der Waals surface area contributed by atoms with Crippen LogP contribution in [-0.4, -0.2) is 38.3 Å². The number of carbonyl (C=O) groups excluding carboxylic acids is 1. The number of hydrogen-bond donors (Lipinski definition) is 2. The summed E-state index contributed by atoms with van der Waals surface area (Å²) in [5.74, 6) is 0.128. The van der Waals surface area contributed by atoms with Gasteiger partial charge in [0.25, 0.3) is 0 Å². The quantitative estimate of drug-likeness (QED) is 0.683. The van der Waals surface area contributed by atoms with E-state index in [1.807, 2.05) is 0 Å². The molecule has 0 radical (unpaired) electrons. The lowest BCUT2D eigenvalue weighted by atomic mass is 10.1. The molecule has 0 aromatic carbocycles.